The van der Waals surface area contributed by atoms with E-state index in [1.165, 1.54) is 5.56 Å². The summed E-state index contributed by atoms with van der Waals surface area (Å²) in [6.45, 7) is 9.41. The maximum absolute atomic E-state index is 12.3. The zero-order valence-corrected chi connectivity index (χ0v) is 19.8. The molecule has 0 radical (unpaired) electrons. The van der Waals surface area contributed by atoms with Gasteiger partial charge in [-0.25, -0.2) is 5.43 Å². The molecule has 5 heteroatoms. The molecule has 0 atom stereocenters. The van der Waals surface area contributed by atoms with Crippen molar-refractivity contribution in [2.45, 2.75) is 46.1 Å². The van der Waals surface area contributed by atoms with Crippen molar-refractivity contribution in [3.05, 3.63) is 95.1 Å². The first kappa shape index (κ1) is 24.1. The SMILES string of the molecule is CCOc1cc(/C=N\NC(=O)Cc2ccc(C(C)(C)C)cc2)ccc1OCc1ccccc1. The van der Waals surface area contributed by atoms with Crippen LogP contribution >= 0.6 is 0 Å². The van der Waals surface area contributed by atoms with Gasteiger partial charge < -0.3 is 9.47 Å². The molecular formula is C28H32N2O3. The van der Waals surface area contributed by atoms with E-state index in [1.807, 2.05) is 67.6 Å². The molecule has 0 saturated heterocycles. The molecule has 3 aromatic rings. The standard InChI is InChI=1S/C28H32N2O3/c1-5-32-26-17-23(13-16-25(26)33-20-22-9-7-6-8-10-22)19-29-30-27(31)18-21-11-14-24(15-12-21)28(2,3)4/h6-17,19H,5,18,20H2,1-4H3,(H,30,31)/b29-19-. The summed E-state index contributed by atoms with van der Waals surface area (Å²) in [6, 6.07) is 23.7. The number of hydrogen-bond donors (Lipinski definition) is 1. The number of nitrogens with one attached hydrogen (secondary N) is 1. The van der Waals surface area contributed by atoms with Gasteiger partial charge in [0, 0.05) is 0 Å². The van der Waals surface area contributed by atoms with Gasteiger partial charge in [0.15, 0.2) is 11.5 Å². The van der Waals surface area contributed by atoms with Crippen molar-refractivity contribution in [1.29, 1.82) is 0 Å². The third-order valence-corrected chi connectivity index (χ3v) is 5.09. The number of hydrazone groups is 1. The summed E-state index contributed by atoms with van der Waals surface area (Å²) in [4.78, 5) is 12.3. The minimum absolute atomic E-state index is 0.0908. The highest BCUT2D eigenvalue weighted by molar-refractivity contribution is 5.84. The summed E-state index contributed by atoms with van der Waals surface area (Å²) in [5.41, 5.74) is 6.77. The first-order valence-electron chi connectivity index (χ1n) is 11.2. The van der Waals surface area contributed by atoms with Crippen LogP contribution < -0.4 is 14.9 Å². The molecule has 0 spiro atoms. The van der Waals surface area contributed by atoms with Gasteiger partial charge in [-0.05, 0) is 52.8 Å². The number of carbonyl (C=O) groups excluding carboxylic acids is 1. The molecule has 172 valence electrons. The molecule has 1 N–H and O–H groups in total. The fourth-order valence-corrected chi connectivity index (χ4v) is 3.25. The zero-order valence-electron chi connectivity index (χ0n) is 19.8. The number of benzene rings is 3. The molecule has 0 aliphatic carbocycles. The van der Waals surface area contributed by atoms with E-state index in [-0.39, 0.29) is 17.7 Å². The highest BCUT2D eigenvalue weighted by Crippen LogP contribution is 2.29. The lowest BCUT2D eigenvalue weighted by Crippen LogP contribution is -2.20. The molecule has 5 nitrogen and oxygen atoms in total. The van der Waals surface area contributed by atoms with Crippen molar-refractivity contribution in [2.24, 2.45) is 5.10 Å². The van der Waals surface area contributed by atoms with Gasteiger partial charge in [0.1, 0.15) is 6.61 Å². The molecule has 3 rings (SSSR count). The third-order valence-electron chi connectivity index (χ3n) is 5.09. The summed E-state index contributed by atoms with van der Waals surface area (Å²) in [6.07, 6.45) is 1.88. The van der Waals surface area contributed by atoms with E-state index >= 15 is 0 Å². The quantitative estimate of drug-likeness (QED) is 0.342. The van der Waals surface area contributed by atoms with Gasteiger partial charge in [0.05, 0.1) is 19.2 Å². The molecule has 0 aromatic heterocycles. The Morgan fingerprint density at radius 3 is 2.30 bits per heavy atom. The molecule has 1 amide bonds. The molecule has 0 aliphatic heterocycles. The van der Waals surface area contributed by atoms with Crippen LogP contribution in [0.25, 0.3) is 0 Å². The molecule has 0 bridgehead atoms. The maximum Gasteiger partial charge on any atom is 0.244 e. The third kappa shape index (κ3) is 7.49. The van der Waals surface area contributed by atoms with Crippen molar-refractivity contribution in [2.75, 3.05) is 6.61 Å². The molecule has 0 fully saturated rings. The molecule has 33 heavy (non-hydrogen) atoms. The molecule has 3 aromatic carbocycles. The lowest BCUT2D eigenvalue weighted by Gasteiger charge is -2.19. The molecule has 0 heterocycles. The Balaban J connectivity index is 1.57. The number of amides is 1. The summed E-state index contributed by atoms with van der Waals surface area (Å²) in [5, 5.41) is 4.10. The summed E-state index contributed by atoms with van der Waals surface area (Å²) in [5.74, 6) is 1.14. The number of ether oxygens (including phenoxy) is 2. The van der Waals surface area contributed by atoms with Crippen LogP contribution in [-0.2, 0) is 23.2 Å². The van der Waals surface area contributed by atoms with Gasteiger partial charge in [-0.15, -0.1) is 0 Å². The fraction of sp³-hybridized carbons (Fsp3) is 0.286. The minimum atomic E-state index is -0.164. The van der Waals surface area contributed by atoms with Crippen LogP contribution in [0, 0.1) is 0 Å². The smallest absolute Gasteiger partial charge is 0.244 e. The molecule has 0 saturated carbocycles. The Morgan fingerprint density at radius 2 is 1.64 bits per heavy atom. The van der Waals surface area contributed by atoms with E-state index in [0.29, 0.717) is 24.7 Å². The van der Waals surface area contributed by atoms with Crippen LogP contribution in [0.2, 0.25) is 0 Å². The van der Waals surface area contributed by atoms with E-state index in [1.54, 1.807) is 6.21 Å². The average Bonchev–Trinajstić information content (AvgIpc) is 2.79. The van der Waals surface area contributed by atoms with Crippen LogP contribution in [0.1, 0.15) is 49.9 Å². The van der Waals surface area contributed by atoms with Crippen molar-refractivity contribution in [1.82, 2.24) is 5.43 Å². The van der Waals surface area contributed by atoms with E-state index in [2.05, 4.69) is 43.4 Å². The summed E-state index contributed by atoms with van der Waals surface area (Å²) < 4.78 is 11.7. The fourth-order valence-electron chi connectivity index (χ4n) is 3.25. The lowest BCUT2D eigenvalue weighted by atomic mass is 9.86. The predicted molar refractivity (Wildman–Crippen MR) is 133 cm³/mol. The van der Waals surface area contributed by atoms with Gasteiger partial charge in [-0.2, -0.15) is 5.10 Å². The maximum atomic E-state index is 12.3. The monoisotopic (exact) mass is 444 g/mol. The largest absolute Gasteiger partial charge is 0.490 e. The van der Waals surface area contributed by atoms with Crippen molar-refractivity contribution in [3.63, 3.8) is 0 Å². The van der Waals surface area contributed by atoms with Crippen molar-refractivity contribution < 1.29 is 14.3 Å². The zero-order chi connectivity index (χ0) is 23.7. The second kappa shape index (κ2) is 11.3. The van der Waals surface area contributed by atoms with E-state index < -0.39 is 0 Å². The normalized spacial score (nSPS) is 11.4. The van der Waals surface area contributed by atoms with Crippen LogP contribution in [0.5, 0.6) is 11.5 Å². The van der Waals surface area contributed by atoms with Gasteiger partial charge in [-0.3, -0.25) is 4.79 Å². The second-order valence-electron chi connectivity index (χ2n) is 8.83. The van der Waals surface area contributed by atoms with Crippen LogP contribution in [0.4, 0.5) is 0 Å². The number of carbonyl (C=O) groups is 1. The van der Waals surface area contributed by atoms with Crippen LogP contribution in [-0.4, -0.2) is 18.7 Å². The molecule has 0 unspecified atom stereocenters. The van der Waals surface area contributed by atoms with Gasteiger partial charge in [0.25, 0.3) is 0 Å². The Labute approximate surface area is 196 Å². The molecule has 0 aliphatic rings. The Morgan fingerprint density at radius 1 is 0.909 bits per heavy atom. The molecular weight excluding hydrogens is 412 g/mol. The topological polar surface area (TPSA) is 59.9 Å². The number of nitrogens with zero attached hydrogens (tertiary/aromatic N) is 1. The first-order valence-corrected chi connectivity index (χ1v) is 11.2. The van der Waals surface area contributed by atoms with Crippen LogP contribution in [0.15, 0.2) is 77.9 Å². The van der Waals surface area contributed by atoms with Gasteiger partial charge in [-0.1, -0.05) is 75.4 Å². The lowest BCUT2D eigenvalue weighted by molar-refractivity contribution is -0.120. The number of rotatable bonds is 9. The Bertz CT molecular complexity index is 1070. The van der Waals surface area contributed by atoms with Crippen molar-refractivity contribution >= 4 is 12.1 Å². The first-order chi connectivity index (χ1) is 15.8. The Hall–Kier alpha value is -3.60. The van der Waals surface area contributed by atoms with E-state index in [9.17, 15) is 4.79 Å². The Kier molecular flexibility index (Phi) is 8.25. The predicted octanol–water partition coefficient (Wildman–Crippen LogP) is 5.65. The van der Waals surface area contributed by atoms with E-state index in [4.69, 9.17) is 9.47 Å². The minimum Gasteiger partial charge on any atom is -0.490 e. The second-order valence-corrected chi connectivity index (χ2v) is 8.83. The van der Waals surface area contributed by atoms with Crippen LogP contribution in [0.3, 0.4) is 0 Å². The number of hydrogen-bond acceptors (Lipinski definition) is 4. The highest BCUT2D eigenvalue weighted by atomic mass is 16.5. The van der Waals surface area contributed by atoms with Gasteiger partial charge in [0.2, 0.25) is 5.91 Å². The van der Waals surface area contributed by atoms with Gasteiger partial charge >= 0.3 is 0 Å². The summed E-state index contributed by atoms with van der Waals surface area (Å²) >= 11 is 0. The highest BCUT2D eigenvalue weighted by Gasteiger charge is 2.13. The summed E-state index contributed by atoms with van der Waals surface area (Å²) in [7, 11) is 0. The average molecular weight is 445 g/mol. The van der Waals surface area contributed by atoms with Crippen molar-refractivity contribution in [3.8, 4) is 11.5 Å². The van der Waals surface area contributed by atoms with E-state index in [0.717, 1.165) is 16.7 Å².